The van der Waals surface area contributed by atoms with Crippen LogP contribution in [0.5, 0.6) is 5.75 Å². The van der Waals surface area contributed by atoms with E-state index >= 15 is 0 Å². The van der Waals surface area contributed by atoms with Crippen LogP contribution in [0.3, 0.4) is 0 Å². The standard InChI is InChI=1S/C25H23BrN2O7S/c1-3-6-21(29)27-24-22(25(31)34-4-2)23(30)20(36-24)13-15-9-10-19(18(26)12-15)35-14-16-7-5-8-17(11-16)28(32)33/h5,7-13,30H,3-4,6,14H2,1-2H3/b20-13-,27-24?. The number of esters is 1. The number of hydrogen-bond donors (Lipinski definition) is 1. The molecule has 2 aromatic carbocycles. The number of carbonyl (C=O) groups is 2. The molecule has 0 fully saturated rings. The molecule has 0 atom stereocenters. The smallest absolute Gasteiger partial charge is 0.344 e. The number of amides is 1. The van der Waals surface area contributed by atoms with Crippen molar-refractivity contribution >= 4 is 56.4 Å². The summed E-state index contributed by atoms with van der Waals surface area (Å²) >= 11 is 4.47. The van der Waals surface area contributed by atoms with Crippen molar-refractivity contribution in [2.24, 2.45) is 4.99 Å². The second-order valence-electron chi connectivity index (χ2n) is 7.52. The van der Waals surface area contributed by atoms with E-state index in [-0.39, 0.29) is 47.6 Å². The number of aliphatic hydroxyl groups is 1. The molecule has 36 heavy (non-hydrogen) atoms. The van der Waals surface area contributed by atoms with Gasteiger partial charge < -0.3 is 14.6 Å². The number of hydrogen-bond acceptors (Lipinski definition) is 8. The zero-order valence-corrected chi connectivity index (χ0v) is 21.9. The van der Waals surface area contributed by atoms with Gasteiger partial charge in [0.1, 0.15) is 28.7 Å². The van der Waals surface area contributed by atoms with E-state index in [2.05, 4.69) is 20.9 Å². The first-order valence-electron chi connectivity index (χ1n) is 11.0. The van der Waals surface area contributed by atoms with Gasteiger partial charge in [0.05, 0.1) is 20.9 Å². The quantitative estimate of drug-likeness (QED) is 0.215. The maximum Gasteiger partial charge on any atom is 0.344 e. The average Bonchev–Trinajstić information content (AvgIpc) is 3.13. The van der Waals surface area contributed by atoms with Crippen molar-refractivity contribution in [1.29, 1.82) is 0 Å². The maximum absolute atomic E-state index is 12.4. The number of rotatable bonds is 9. The van der Waals surface area contributed by atoms with Gasteiger partial charge in [-0.3, -0.25) is 14.9 Å². The molecule has 0 aliphatic carbocycles. The highest BCUT2D eigenvalue weighted by molar-refractivity contribution is 9.10. The third kappa shape index (κ3) is 6.82. The number of non-ortho nitro benzene ring substituents is 1. The molecule has 9 nitrogen and oxygen atoms in total. The summed E-state index contributed by atoms with van der Waals surface area (Å²) in [4.78, 5) is 39.3. The van der Waals surface area contributed by atoms with Gasteiger partial charge in [-0.05, 0) is 58.6 Å². The number of aliphatic hydroxyl groups excluding tert-OH is 1. The Labute approximate surface area is 220 Å². The fraction of sp³-hybridized carbons (Fsp3) is 0.240. The van der Waals surface area contributed by atoms with Gasteiger partial charge in [-0.15, -0.1) is 0 Å². The van der Waals surface area contributed by atoms with E-state index in [1.165, 1.54) is 12.1 Å². The SMILES string of the molecule is CCCC(=O)N=C1S/C(=C\c2ccc(OCc3cccc([N+](=O)[O-])c3)c(Br)c2)C(O)=C1C(=O)OCC. The number of thioether (sulfide) groups is 1. The summed E-state index contributed by atoms with van der Waals surface area (Å²) < 4.78 is 11.4. The second-order valence-corrected chi connectivity index (χ2v) is 9.41. The summed E-state index contributed by atoms with van der Waals surface area (Å²) in [5.74, 6) is -0.922. The van der Waals surface area contributed by atoms with Crippen LogP contribution in [0.25, 0.3) is 6.08 Å². The lowest BCUT2D eigenvalue weighted by Gasteiger charge is -2.09. The van der Waals surface area contributed by atoms with Gasteiger partial charge in [-0.2, -0.15) is 0 Å². The molecule has 1 aliphatic rings. The zero-order valence-electron chi connectivity index (χ0n) is 19.5. The Morgan fingerprint density at radius 1 is 1.22 bits per heavy atom. The predicted octanol–water partition coefficient (Wildman–Crippen LogP) is 6.12. The molecule has 1 aliphatic heterocycles. The molecule has 0 aromatic heterocycles. The Hall–Kier alpha value is -3.44. The lowest BCUT2D eigenvalue weighted by atomic mass is 10.1. The van der Waals surface area contributed by atoms with E-state index in [4.69, 9.17) is 9.47 Å². The molecule has 0 spiro atoms. The van der Waals surface area contributed by atoms with Crippen molar-refractivity contribution in [2.75, 3.05) is 6.61 Å². The van der Waals surface area contributed by atoms with E-state index in [9.17, 15) is 24.8 Å². The number of benzene rings is 2. The molecule has 0 saturated carbocycles. The van der Waals surface area contributed by atoms with Crippen molar-refractivity contribution in [3.05, 3.63) is 84.4 Å². The van der Waals surface area contributed by atoms with Crippen LogP contribution in [-0.2, 0) is 20.9 Å². The van der Waals surface area contributed by atoms with Crippen molar-refractivity contribution in [2.45, 2.75) is 33.3 Å². The van der Waals surface area contributed by atoms with Crippen LogP contribution >= 0.6 is 27.7 Å². The number of aliphatic imine (C=N–C) groups is 1. The van der Waals surface area contributed by atoms with E-state index in [1.807, 2.05) is 6.92 Å². The lowest BCUT2D eigenvalue weighted by Crippen LogP contribution is -2.14. The van der Waals surface area contributed by atoms with Gasteiger partial charge in [0.25, 0.3) is 5.69 Å². The minimum absolute atomic E-state index is 0.0134. The summed E-state index contributed by atoms with van der Waals surface area (Å²) in [5, 5.41) is 21.8. The number of nitro groups is 1. The average molecular weight is 575 g/mol. The summed E-state index contributed by atoms with van der Waals surface area (Å²) in [7, 11) is 0. The van der Waals surface area contributed by atoms with E-state index < -0.39 is 10.9 Å². The molecule has 0 unspecified atom stereocenters. The van der Waals surface area contributed by atoms with Crippen LogP contribution in [0.4, 0.5) is 5.69 Å². The van der Waals surface area contributed by atoms with E-state index in [1.54, 1.807) is 43.3 Å². The monoisotopic (exact) mass is 574 g/mol. The van der Waals surface area contributed by atoms with E-state index in [0.717, 1.165) is 11.8 Å². The number of halogens is 1. The molecule has 0 bridgehead atoms. The number of ether oxygens (including phenoxy) is 2. The third-order valence-corrected chi connectivity index (χ3v) is 6.47. The minimum atomic E-state index is -0.750. The molecule has 3 rings (SSSR count). The van der Waals surface area contributed by atoms with Crippen LogP contribution in [0.1, 0.15) is 37.8 Å². The highest BCUT2D eigenvalue weighted by atomic mass is 79.9. The summed E-state index contributed by atoms with van der Waals surface area (Å²) in [6, 6.07) is 11.4. The van der Waals surface area contributed by atoms with Gasteiger partial charge in [-0.25, -0.2) is 9.79 Å². The molecule has 1 amide bonds. The number of carbonyl (C=O) groups excluding carboxylic acids is 2. The van der Waals surface area contributed by atoms with Gasteiger partial charge in [0.2, 0.25) is 5.91 Å². The molecule has 188 valence electrons. The molecule has 2 aromatic rings. The number of nitrogens with zero attached hydrogens (tertiary/aromatic N) is 2. The van der Waals surface area contributed by atoms with Crippen molar-refractivity contribution in [3.8, 4) is 5.75 Å². The molecule has 0 radical (unpaired) electrons. The van der Waals surface area contributed by atoms with Crippen LogP contribution in [0.2, 0.25) is 0 Å². The Bertz CT molecular complexity index is 1290. The molecular formula is C25H23BrN2O7S. The van der Waals surface area contributed by atoms with Gasteiger partial charge in [-0.1, -0.05) is 36.9 Å². The molecule has 1 heterocycles. The fourth-order valence-electron chi connectivity index (χ4n) is 3.17. The molecule has 1 N–H and O–H groups in total. The Morgan fingerprint density at radius 2 is 2.00 bits per heavy atom. The normalized spacial score (nSPS) is 15.4. The first-order valence-corrected chi connectivity index (χ1v) is 12.6. The number of nitro benzene ring substituents is 1. The van der Waals surface area contributed by atoms with Crippen LogP contribution in [-0.4, -0.2) is 33.6 Å². The first kappa shape index (κ1) is 27.2. The van der Waals surface area contributed by atoms with Crippen molar-refractivity contribution < 1.29 is 29.1 Å². The minimum Gasteiger partial charge on any atom is -0.506 e. The Kier molecular flexibility index (Phi) is 9.43. The van der Waals surface area contributed by atoms with Crippen LogP contribution in [0, 0.1) is 10.1 Å². The van der Waals surface area contributed by atoms with Gasteiger partial charge >= 0.3 is 5.97 Å². The largest absolute Gasteiger partial charge is 0.506 e. The van der Waals surface area contributed by atoms with E-state index in [0.29, 0.717) is 32.7 Å². The van der Waals surface area contributed by atoms with Crippen LogP contribution in [0.15, 0.2) is 68.2 Å². The topological polar surface area (TPSA) is 128 Å². The van der Waals surface area contributed by atoms with Crippen molar-refractivity contribution in [1.82, 2.24) is 0 Å². The van der Waals surface area contributed by atoms with Gasteiger partial charge in [0, 0.05) is 18.6 Å². The van der Waals surface area contributed by atoms with Crippen LogP contribution < -0.4 is 4.74 Å². The molecule has 11 heteroatoms. The first-order chi connectivity index (χ1) is 17.2. The zero-order chi connectivity index (χ0) is 26.2. The Morgan fingerprint density at radius 3 is 2.67 bits per heavy atom. The summed E-state index contributed by atoms with van der Waals surface area (Å²) in [6.07, 6.45) is 2.49. The summed E-state index contributed by atoms with van der Waals surface area (Å²) in [6.45, 7) is 3.74. The highest BCUT2D eigenvalue weighted by Crippen LogP contribution is 2.40. The summed E-state index contributed by atoms with van der Waals surface area (Å²) in [5.41, 5.74) is 1.19. The second kappa shape index (κ2) is 12.5. The molecular weight excluding hydrogens is 552 g/mol. The maximum atomic E-state index is 12.4. The third-order valence-electron chi connectivity index (χ3n) is 4.83. The predicted molar refractivity (Wildman–Crippen MR) is 141 cm³/mol. The highest BCUT2D eigenvalue weighted by Gasteiger charge is 2.33. The van der Waals surface area contributed by atoms with Crippen molar-refractivity contribution in [3.63, 3.8) is 0 Å². The van der Waals surface area contributed by atoms with Gasteiger partial charge in [0.15, 0.2) is 0 Å². The Balaban J connectivity index is 1.82. The molecule has 0 saturated heterocycles. The lowest BCUT2D eigenvalue weighted by molar-refractivity contribution is -0.384. The fourth-order valence-corrected chi connectivity index (χ4v) is 4.71.